The summed E-state index contributed by atoms with van der Waals surface area (Å²) in [5.41, 5.74) is 0.693. The Hall–Kier alpha value is -2.48. The summed E-state index contributed by atoms with van der Waals surface area (Å²) in [6, 6.07) is 6.44. The van der Waals surface area contributed by atoms with Crippen LogP contribution in [0.3, 0.4) is 0 Å². The van der Waals surface area contributed by atoms with E-state index in [0.717, 1.165) is 4.80 Å². The van der Waals surface area contributed by atoms with Gasteiger partial charge in [0, 0.05) is 17.1 Å². The zero-order valence-corrected chi connectivity index (χ0v) is 13.5. The molecule has 1 aromatic heterocycles. The van der Waals surface area contributed by atoms with Gasteiger partial charge >= 0.3 is 6.03 Å². The SMILES string of the molecule is CC(C)CNC(=O)NC(=O)Cn1nnc(-c2cccc(Cl)c2)n1. The fourth-order valence-corrected chi connectivity index (χ4v) is 1.88. The Bertz CT molecular complexity index is 700. The molecule has 0 aliphatic rings. The summed E-state index contributed by atoms with van der Waals surface area (Å²) in [6.45, 7) is 4.19. The number of tetrazole rings is 1. The molecule has 0 spiro atoms. The standard InChI is InChI=1S/C14H17ClN6O2/c1-9(2)7-16-14(23)17-12(22)8-21-19-13(18-20-21)10-4-3-5-11(15)6-10/h3-6,9H,7-8H2,1-2H3,(H2,16,17,22,23). The molecule has 2 N–H and O–H groups in total. The lowest BCUT2D eigenvalue weighted by Crippen LogP contribution is -2.42. The molecule has 0 bridgehead atoms. The summed E-state index contributed by atoms with van der Waals surface area (Å²) in [7, 11) is 0. The average molecular weight is 337 g/mol. The van der Waals surface area contributed by atoms with Gasteiger partial charge in [0.2, 0.25) is 5.82 Å². The Morgan fingerprint density at radius 2 is 2.13 bits per heavy atom. The highest BCUT2D eigenvalue weighted by molar-refractivity contribution is 6.30. The summed E-state index contributed by atoms with van der Waals surface area (Å²) >= 11 is 5.90. The predicted octanol–water partition coefficient (Wildman–Crippen LogP) is 1.48. The van der Waals surface area contributed by atoms with Crippen LogP contribution in [0.4, 0.5) is 4.79 Å². The number of hydrogen-bond acceptors (Lipinski definition) is 5. The molecular weight excluding hydrogens is 320 g/mol. The zero-order valence-electron chi connectivity index (χ0n) is 12.8. The van der Waals surface area contributed by atoms with Crippen molar-refractivity contribution in [3.8, 4) is 11.4 Å². The van der Waals surface area contributed by atoms with E-state index in [1.165, 1.54) is 0 Å². The smallest absolute Gasteiger partial charge is 0.321 e. The maximum Gasteiger partial charge on any atom is 0.321 e. The Morgan fingerprint density at radius 3 is 2.83 bits per heavy atom. The number of nitrogens with one attached hydrogen (secondary N) is 2. The van der Waals surface area contributed by atoms with E-state index in [4.69, 9.17) is 11.6 Å². The van der Waals surface area contributed by atoms with E-state index in [1.54, 1.807) is 24.3 Å². The molecule has 0 atom stereocenters. The third-order valence-corrected chi connectivity index (χ3v) is 2.98. The molecule has 122 valence electrons. The van der Waals surface area contributed by atoms with E-state index < -0.39 is 11.9 Å². The van der Waals surface area contributed by atoms with Gasteiger partial charge in [-0.15, -0.1) is 10.2 Å². The lowest BCUT2D eigenvalue weighted by Gasteiger charge is -2.07. The van der Waals surface area contributed by atoms with Crippen LogP contribution in [0.15, 0.2) is 24.3 Å². The molecule has 2 aromatic rings. The number of hydrogen-bond donors (Lipinski definition) is 2. The van der Waals surface area contributed by atoms with Gasteiger partial charge in [-0.1, -0.05) is 37.6 Å². The minimum Gasteiger partial charge on any atom is -0.338 e. The lowest BCUT2D eigenvalue weighted by atomic mass is 10.2. The van der Waals surface area contributed by atoms with Crippen molar-refractivity contribution in [1.82, 2.24) is 30.8 Å². The number of benzene rings is 1. The Kier molecular flexibility index (Phi) is 5.64. The number of carbonyl (C=O) groups excluding carboxylic acids is 2. The van der Waals surface area contributed by atoms with Crippen molar-refractivity contribution >= 4 is 23.5 Å². The van der Waals surface area contributed by atoms with E-state index in [-0.39, 0.29) is 6.54 Å². The molecule has 9 heteroatoms. The molecule has 2 rings (SSSR count). The molecule has 1 heterocycles. The van der Waals surface area contributed by atoms with Crippen LogP contribution in [-0.4, -0.2) is 38.7 Å². The minimum atomic E-state index is -0.543. The molecule has 8 nitrogen and oxygen atoms in total. The van der Waals surface area contributed by atoms with Gasteiger partial charge in [0.25, 0.3) is 5.91 Å². The van der Waals surface area contributed by atoms with Gasteiger partial charge in [0.05, 0.1) is 0 Å². The summed E-state index contributed by atoms with van der Waals surface area (Å²) in [4.78, 5) is 24.3. The number of rotatable bonds is 5. The van der Waals surface area contributed by atoms with Crippen molar-refractivity contribution in [2.45, 2.75) is 20.4 Å². The Morgan fingerprint density at radius 1 is 1.35 bits per heavy atom. The monoisotopic (exact) mass is 336 g/mol. The second-order valence-corrected chi connectivity index (χ2v) is 5.74. The topological polar surface area (TPSA) is 102 Å². The van der Waals surface area contributed by atoms with Gasteiger partial charge in [-0.25, -0.2) is 4.79 Å². The van der Waals surface area contributed by atoms with E-state index in [2.05, 4.69) is 26.0 Å². The van der Waals surface area contributed by atoms with Crippen LogP contribution in [0.25, 0.3) is 11.4 Å². The third-order valence-electron chi connectivity index (χ3n) is 2.74. The molecule has 0 aliphatic heterocycles. The number of aromatic nitrogens is 4. The number of amides is 3. The highest BCUT2D eigenvalue weighted by Crippen LogP contribution is 2.18. The third kappa shape index (κ3) is 5.33. The van der Waals surface area contributed by atoms with Crippen molar-refractivity contribution < 1.29 is 9.59 Å². The number of nitrogens with zero attached hydrogens (tertiary/aromatic N) is 4. The van der Waals surface area contributed by atoms with Crippen LogP contribution in [0.2, 0.25) is 5.02 Å². The molecular formula is C14H17ClN6O2. The fraction of sp³-hybridized carbons (Fsp3) is 0.357. The lowest BCUT2D eigenvalue weighted by molar-refractivity contribution is -0.121. The van der Waals surface area contributed by atoms with Gasteiger partial charge in [0.1, 0.15) is 6.54 Å². The van der Waals surface area contributed by atoms with E-state index >= 15 is 0 Å². The van der Waals surface area contributed by atoms with Crippen LogP contribution >= 0.6 is 11.6 Å². The summed E-state index contributed by atoms with van der Waals surface area (Å²) < 4.78 is 0. The van der Waals surface area contributed by atoms with E-state index in [1.807, 2.05) is 13.8 Å². The molecule has 1 aromatic carbocycles. The molecule has 0 fully saturated rings. The molecule has 0 saturated heterocycles. The first kappa shape index (κ1) is 16.9. The van der Waals surface area contributed by atoms with Crippen LogP contribution in [0.5, 0.6) is 0 Å². The van der Waals surface area contributed by atoms with Gasteiger partial charge in [-0.2, -0.15) is 4.80 Å². The first-order valence-corrected chi connectivity index (χ1v) is 7.43. The number of urea groups is 1. The zero-order chi connectivity index (χ0) is 16.8. The predicted molar refractivity (Wildman–Crippen MR) is 84.6 cm³/mol. The van der Waals surface area contributed by atoms with Gasteiger partial charge in [-0.3, -0.25) is 10.1 Å². The van der Waals surface area contributed by atoms with Crippen molar-refractivity contribution in [3.05, 3.63) is 29.3 Å². The summed E-state index contributed by atoms with van der Waals surface area (Å²) in [5.74, 6) is 0.124. The van der Waals surface area contributed by atoms with Crippen LogP contribution in [0, 0.1) is 5.92 Å². The first-order chi connectivity index (χ1) is 10.9. The van der Waals surface area contributed by atoms with Gasteiger partial charge in [0.15, 0.2) is 0 Å². The molecule has 3 amide bonds. The van der Waals surface area contributed by atoms with Crippen molar-refractivity contribution in [2.75, 3.05) is 6.54 Å². The highest BCUT2D eigenvalue weighted by atomic mass is 35.5. The molecule has 23 heavy (non-hydrogen) atoms. The number of imide groups is 1. The summed E-state index contributed by atoms with van der Waals surface area (Å²) in [5, 5.41) is 17.1. The minimum absolute atomic E-state index is 0.206. The second kappa shape index (κ2) is 7.68. The molecule has 0 aliphatic carbocycles. The number of carbonyl (C=O) groups is 2. The maximum atomic E-state index is 11.7. The molecule has 0 unspecified atom stereocenters. The Labute approximate surface area is 138 Å². The first-order valence-electron chi connectivity index (χ1n) is 7.05. The van der Waals surface area contributed by atoms with Crippen molar-refractivity contribution in [2.24, 2.45) is 5.92 Å². The van der Waals surface area contributed by atoms with Crippen molar-refractivity contribution in [3.63, 3.8) is 0 Å². The molecule has 0 saturated carbocycles. The fourth-order valence-electron chi connectivity index (χ4n) is 1.69. The van der Waals surface area contributed by atoms with Crippen LogP contribution in [-0.2, 0) is 11.3 Å². The average Bonchev–Trinajstić information content (AvgIpc) is 2.93. The highest BCUT2D eigenvalue weighted by Gasteiger charge is 2.12. The van der Waals surface area contributed by atoms with Gasteiger partial charge in [-0.05, 0) is 23.3 Å². The quantitative estimate of drug-likeness (QED) is 0.861. The van der Waals surface area contributed by atoms with Gasteiger partial charge < -0.3 is 5.32 Å². The normalized spacial score (nSPS) is 10.6. The summed E-state index contributed by atoms with van der Waals surface area (Å²) in [6.07, 6.45) is 0. The molecule has 0 radical (unpaired) electrons. The second-order valence-electron chi connectivity index (χ2n) is 5.31. The maximum absolute atomic E-state index is 11.7. The van der Waals surface area contributed by atoms with Crippen LogP contribution < -0.4 is 10.6 Å². The Balaban J connectivity index is 1.91. The van der Waals surface area contributed by atoms with E-state index in [0.29, 0.717) is 28.9 Å². The largest absolute Gasteiger partial charge is 0.338 e. The van der Waals surface area contributed by atoms with Crippen LogP contribution in [0.1, 0.15) is 13.8 Å². The van der Waals surface area contributed by atoms with Crippen molar-refractivity contribution in [1.29, 1.82) is 0 Å². The van der Waals surface area contributed by atoms with E-state index in [9.17, 15) is 9.59 Å². The number of halogens is 1.